The summed E-state index contributed by atoms with van der Waals surface area (Å²) < 4.78 is 10.5. The molecule has 27 heavy (non-hydrogen) atoms. The van der Waals surface area contributed by atoms with Crippen molar-refractivity contribution in [1.82, 2.24) is 0 Å². The molecule has 0 aliphatic heterocycles. The van der Waals surface area contributed by atoms with Crippen LogP contribution in [0, 0.1) is 18.3 Å². The molecule has 0 unspecified atom stereocenters. The van der Waals surface area contributed by atoms with Gasteiger partial charge in [-0.2, -0.15) is 0 Å². The number of ether oxygens (including phenoxy) is 2. The minimum Gasteiger partial charge on any atom is -0.449 e. The first-order valence-electron chi connectivity index (χ1n) is 8.51. The molecule has 6 nitrogen and oxygen atoms in total. The Balaban J connectivity index is 2.04. The summed E-state index contributed by atoms with van der Waals surface area (Å²) in [6.07, 6.45) is 4.19. The van der Waals surface area contributed by atoms with Crippen molar-refractivity contribution in [1.29, 1.82) is 0 Å². The fourth-order valence-electron chi connectivity index (χ4n) is 2.15. The average Bonchev–Trinajstić information content (AvgIpc) is 2.65. The summed E-state index contributed by atoms with van der Waals surface area (Å²) in [5.41, 5.74) is 1.09. The highest BCUT2D eigenvalue weighted by Crippen LogP contribution is 2.20. The molecule has 0 aromatic heterocycles. The molecule has 140 valence electrons. The van der Waals surface area contributed by atoms with Crippen LogP contribution in [-0.4, -0.2) is 25.3 Å². The number of carbonyl (C=O) groups excluding carboxylic acids is 2. The molecule has 2 amide bonds. The Hall–Kier alpha value is -3.46. The number of hydrogen-bond acceptors (Lipinski definition) is 4. The van der Waals surface area contributed by atoms with Crippen molar-refractivity contribution in [2.24, 2.45) is 5.92 Å². The monoisotopic (exact) mass is 366 g/mol. The molecule has 2 rings (SSSR count). The second-order valence-electron chi connectivity index (χ2n) is 6.14. The van der Waals surface area contributed by atoms with E-state index in [-0.39, 0.29) is 18.2 Å². The lowest BCUT2D eigenvalue weighted by Crippen LogP contribution is -2.33. The fraction of sp³-hybridized carbons (Fsp3) is 0.238. The van der Waals surface area contributed by atoms with Crippen molar-refractivity contribution >= 4 is 23.6 Å². The predicted octanol–water partition coefficient (Wildman–Crippen LogP) is 4.53. The van der Waals surface area contributed by atoms with E-state index in [4.69, 9.17) is 15.9 Å². The third-order valence-corrected chi connectivity index (χ3v) is 3.37. The Kier molecular flexibility index (Phi) is 7.26. The summed E-state index contributed by atoms with van der Waals surface area (Å²) in [5.74, 6) is 2.96. The summed E-state index contributed by atoms with van der Waals surface area (Å²) in [7, 11) is 0. The molecule has 0 aliphatic rings. The van der Waals surface area contributed by atoms with Crippen LogP contribution in [0.15, 0.2) is 54.6 Å². The van der Waals surface area contributed by atoms with Crippen molar-refractivity contribution in [2.45, 2.75) is 13.8 Å². The van der Waals surface area contributed by atoms with Gasteiger partial charge < -0.3 is 9.47 Å². The smallest absolute Gasteiger partial charge is 0.420 e. The van der Waals surface area contributed by atoms with Crippen LogP contribution in [0.4, 0.5) is 21.0 Å². The minimum atomic E-state index is -0.612. The number of nitrogens with zero attached hydrogens (tertiary/aromatic N) is 1. The Morgan fingerprint density at radius 3 is 2.56 bits per heavy atom. The maximum absolute atomic E-state index is 12.5. The molecule has 0 fully saturated rings. The van der Waals surface area contributed by atoms with Crippen molar-refractivity contribution < 1.29 is 19.1 Å². The third-order valence-electron chi connectivity index (χ3n) is 3.37. The molecular formula is C21H22N2O4. The Bertz CT molecular complexity index is 812. The van der Waals surface area contributed by atoms with Gasteiger partial charge in [0.15, 0.2) is 0 Å². The second-order valence-corrected chi connectivity index (χ2v) is 6.14. The number of amides is 2. The summed E-state index contributed by atoms with van der Waals surface area (Å²) in [6, 6.07) is 15.5. The van der Waals surface area contributed by atoms with Crippen LogP contribution in [0.5, 0.6) is 5.75 Å². The molecule has 6 heteroatoms. The number of hydrogen-bond donors (Lipinski definition) is 1. The first-order chi connectivity index (χ1) is 13.0. The molecule has 0 aliphatic carbocycles. The molecular weight excluding hydrogens is 344 g/mol. The maximum atomic E-state index is 12.5. The Morgan fingerprint density at radius 1 is 1.15 bits per heavy atom. The lowest BCUT2D eigenvalue weighted by Gasteiger charge is -2.19. The van der Waals surface area contributed by atoms with Crippen molar-refractivity contribution in [2.75, 3.05) is 23.4 Å². The van der Waals surface area contributed by atoms with Crippen LogP contribution in [0.1, 0.15) is 13.8 Å². The normalized spacial score (nSPS) is 10.0. The first-order valence-corrected chi connectivity index (χ1v) is 8.51. The second kappa shape index (κ2) is 9.88. The molecule has 0 saturated heterocycles. The van der Waals surface area contributed by atoms with Gasteiger partial charge >= 0.3 is 12.2 Å². The zero-order chi connectivity index (χ0) is 19.6. The van der Waals surface area contributed by atoms with Crippen molar-refractivity contribution in [3.63, 3.8) is 0 Å². The predicted molar refractivity (Wildman–Crippen MR) is 105 cm³/mol. The van der Waals surface area contributed by atoms with E-state index in [0.717, 1.165) is 0 Å². The number of benzene rings is 2. The van der Waals surface area contributed by atoms with Gasteiger partial charge in [-0.1, -0.05) is 44.0 Å². The van der Waals surface area contributed by atoms with E-state index in [0.29, 0.717) is 18.0 Å². The molecule has 0 saturated carbocycles. The van der Waals surface area contributed by atoms with Crippen LogP contribution >= 0.6 is 0 Å². The van der Waals surface area contributed by atoms with Gasteiger partial charge in [0, 0.05) is 17.4 Å². The highest BCUT2D eigenvalue weighted by molar-refractivity contribution is 5.90. The van der Waals surface area contributed by atoms with E-state index in [2.05, 4.69) is 11.2 Å². The van der Waals surface area contributed by atoms with Crippen LogP contribution in [0.25, 0.3) is 0 Å². The number of rotatable bonds is 6. The SMILES string of the molecule is C#CCN(C(=O)Oc1cccc(NC(=O)OCC(C)C)c1)c1ccccc1. The van der Waals surface area contributed by atoms with Gasteiger partial charge in [-0.05, 0) is 30.2 Å². The van der Waals surface area contributed by atoms with Gasteiger partial charge in [0.2, 0.25) is 0 Å². The van der Waals surface area contributed by atoms with E-state index in [1.807, 2.05) is 19.9 Å². The summed E-state index contributed by atoms with van der Waals surface area (Å²) in [5, 5.41) is 2.60. The Labute approximate surface area is 159 Å². The van der Waals surface area contributed by atoms with Gasteiger partial charge in [0.1, 0.15) is 5.75 Å². The fourth-order valence-corrected chi connectivity index (χ4v) is 2.15. The zero-order valence-corrected chi connectivity index (χ0v) is 15.3. The highest BCUT2D eigenvalue weighted by Gasteiger charge is 2.17. The molecule has 0 heterocycles. The third kappa shape index (κ3) is 6.40. The zero-order valence-electron chi connectivity index (χ0n) is 15.3. The van der Waals surface area contributed by atoms with Crippen molar-refractivity contribution in [3.05, 3.63) is 54.6 Å². The van der Waals surface area contributed by atoms with E-state index >= 15 is 0 Å². The highest BCUT2D eigenvalue weighted by atomic mass is 16.6. The molecule has 2 aromatic rings. The van der Waals surface area contributed by atoms with Gasteiger partial charge in [-0.25, -0.2) is 9.59 Å². The van der Waals surface area contributed by atoms with Gasteiger partial charge in [0.25, 0.3) is 0 Å². The van der Waals surface area contributed by atoms with Crippen LogP contribution in [0.2, 0.25) is 0 Å². The number of anilines is 2. The van der Waals surface area contributed by atoms with Crippen LogP contribution in [-0.2, 0) is 4.74 Å². The number of terminal acetylenes is 1. The molecule has 0 atom stereocenters. The molecule has 1 N–H and O–H groups in total. The quantitative estimate of drug-likeness (QED) is 0.763. The van der Waals surface area contributed by atoms with E-state index < -0.39 is 12.2 Å². The van der Waals surface area contributed by atoms with Crippen molar-refractivity contribution in [3.8, 4) is 18.1 Å². The number of para-hydroxylation sites is 1. The number of carbonyl (C=O) groups is 2. The maximum Gasteiger partial charge on any atom is 0.420 e. The Morgan fingerprint density at radius 2 is 1.89 bits per heavy atom. The van der Waals surface area contributed by atoms with E-state index in [1.54, 1.807) is 42.5 Å². The lowest BCUT2D eigenvalue weighted by molar-refractivity contribution is 0.147. The molecule has 2 aromatic carbocycles. The topological polar surface area (TPSA) is 67.9 Å². The van der Waals surface area contributed by atoms with Gasteiger partial charge in [-0.15, -0.1) is 6.42 Å². The minimum absolute atomic E-state index is 0.0717. The molecule has 0 bridgehead atoms. The van der Waals surface area contributed by atoms with Gasteiger partial charge in [0.05, 0.1) is 13.2 Å². The van der Waals surface area contributed by atoms with E-state index in [1.165, 1.54) is 11.0 Å². The van der Waals surface area contributed by atoms with Gasteiger partial charge in [-0.3, -0.25) is 10.2 Å². The first kappa shape index (κ1) is 19.9. The number of nitrogens with one attached hydrogen (secondary N) is 1. The summed E-state index contributed by atoms with van der Waals surface area (Å²) >= 11 is 0. The summed E-state index contributed by atoms with van der Waals surface area (Å²) in [6.45, 7) is 4.28. The average molecular weight is 366 g/mol. The largest absolute Gasteiger partial charge is 0.449 e. The molecule has 0 radical (unpaired) electrons. The summed E-state index contributed by atoms with van der Waals surface area (Å²) in [4.78, 5) is 25.6. The molecule has 0 spiro atoms. The van der Waals surface area contributed by atoms with Crippen LogP contribution in [0.3, 0.4) is 0 Å². The standard InChI is InChI=1S/C21H22N2O4/c1-4-13-23(18-10-6-5-7-11-18)21(25)27-19-12-8-9-17(14-19)22-20(24)26-15-16(2)3/h1,5-12,14,16H,13,15H2,2-3H3,(H,22,24). The van der Waals surface area contributed by atoms with E-state index in [9.17, 15) is 9.59 Å². The lowest BCUT2D eigenvalue weighted by atomic mass is 10.2. The van der Waals surface area contributed by atoms with Crippen LogP contribution < -0.4 is 15.0 Å².